The first-order valence-electron chi connectivity index (χ1n) is 25.0. The van der Waals surface area contributed by atoms with Crippen molar-refractivity contribution in [2.24, 2.45) is 11.8 Å². The Morgan fingerprint density at radius 3 is 2.21 bits per heavy atom. The molecule has 3 fully saturated rings. The van der Waals surface area contributed by atoms with Crippen LogP contribution >= 0.6 is 0 Å². The van der Waals surface area contributed by atoms with Gasteiger partial charge >= 0.3 is 18.2 Å². The van der Waals surface area contributed by atoms with E-state index in [1.165, 1.54) is 7.11 Å². The highest BCUT2D eigenvalue weighted by Crippen LogP contribution is 2.40. The molecule has 408 valence electrons. The maximum absolute atomic E-state index is 12.7. The van der Waals surface area contributed by atoms with Crippen LogP contribution in [0.2, 0.25) is 25.7 Å². The van der Waals surface area contributed by atoms with Gasteiger partial charge in [-0.05, 0) is 53.0 Å². The lowest BCUT2D eigenvalue weighted by Gasteiger charge is -2.46. The summed E-state index contributed by atoms with van der Waals surface area (Å²) in [4.78, 5) is 37.7. The van der Waals surface area contributed by atoms with Crippen molar-refractivity contribution in [1.82, 2.24) is 10.6 Å². The third kappa shape index (κ3) is 20.9. The molecule has 3 aliphatic heterocycles. The van der Waals surface area contributed by atoms with E-state index in [0.717, 1.165) is 6.04 Å². The molecular weight excluding hydrogens is 945 g/mol. The van der Waals surface area contributed by atoms with Gasteiger partial charge in [-0.15, -0.1) is 0 Å². The minimum absolute atomic E-state index is 0.00258. The first-order valence-corrected chi connectivity index (χ1v) is 28.7. The van der Waals surface area contributed by atoms with Crippen LogP contribution in [-0.2, 0) is 38.0 Å². The van der Waals surface area contributed by atoms with Crippen LogP contribution in [0.1, 0.15) is 92.9 Å². The summed E-state index contributed by atoms with van der Waals surface area (Å²) in [5, 5.41) is 92.2. The lowest BCUT2D eigenvalue weighted by Crippen LogP contribution is -2.64. The van der Waals surface area contributed by atoms with Crippen molar-refractivity contribution in [2.45, 2.75) is 222 Å². The summed E-state index contributed by atoms with van der Waals surface area (Å²) >= 11 is 0. The molecule has 0 radical (unpaired) electrons. The molecule has 20 nitrogen and oxygen atoms in total. The second-order valence-corrected chi connectivity index (χ2v) is 26.3. The van der Waals surface area contributed by atoms with Crippen LogP contribution in [0.25, 0.3) is 0 Å². The van der Waals surface area contributed by atoms with Crippen molar-refractivity contribution < 1.29 is 88.4 Å². The first kappa shape index (κ1) is 62.0. The second-order valence-electron chi connectivity index (χ2n) is 20.7. The van der Waals surface area contributed by atoms with E-state index in [-0.39, 0.29) is 57.5 Å². The number of rotatable bonds is 29. The number of fused-ring (bicyclic) bond motifs is 1. The molecule has 2 amide bonds. The summed E-state index contributed by atoms with van der Waals surface area (Å²) in [5.74, 6) is -2.90. The number of hydrogen-bond donors (Lipinski definition) is 10. The van der Waals surface area contributed by atoms with Crippen LogP contribution < -0.4 is 10.6 Å². The summed E-state index contributed by atoms with van der Waals surface area (Å²) in [6.45, 7) is 17.1. The lowest BCUT2D eigenvalue weighted by molar-refractivity contribution is -0.309. The number of esters is 1. The fourth-order valence-electron chi connectivity index (χ4n) is 8.76. The SMILES string of the molecule is C/C=C/C=C/C=C/C=C/C(C)C(O)C(C)C(C)OC(=O)CC(O)CC(O)CCC(O)C(O)CC(O)CC1(OC)CC2OC(=O)NC2C(CC(C)OC2OC(C)C(O)C(NC(=O)OCC[Si](C)(C)C)C2O)O1. The number of amides is 2. The highest BCUT2D eigenvalue weighted by atomic mass is 28.3. The molecular formula is C50H86N2O18Si. The van der Waals surface area contributed by atoms with E-state index in [9.17, 15) is 55.2 Å². The quantitative estimate of drug-likeness (QED) is 0.0223. The largest absolute Gasteiger partial charge is 0.462 e. The molecule has 3 saturated heterocycles. The van der Waals surface area contributed by atoms with Gasteiger partial charge in [-0.2, -0.15) is 0 Å². The number of carbonyl (C=O) groups excluding carboxylic acids is 3. The maximum atomic E-state index is 12.7. The smallest absolute Gasteiger partial charge is 0.407 e. The van der Waals surface area contributed by atoms with Crippen LogP contribution in [0.15, 0.2) is 48.6 Å². The Morgan fingerprint density at radius 1 is 0.901 bits per heavy atom. The molecule has 0 aliphatic carbocycles. The predicted molar refractivity (Wildman–Crippen MR) is 264 cm³/mol. The zero-order chi connectivity index (χ0) is 53.2. The number of hydrogen-bond acceptors (Lipinski definition) is 18. The molecule has 71 heavy (non-hydrogen) atoms. The summed E-state index contributed by atoms with van der Waals surface area (Å²) < 4.78 is 40.5. The van der Waals surface area contributed by atoms with Gasteiger partial charge in [0.1, 0.15) is 24.4 Å². The summed E-state index contributed by atoms with van der Waals surface area (Å²) in [6.07, 6.45) is -3.00. The lowest BCUT2D eigenvalue weighted by atomic mass is 9.87. The van der Waals surface area contributed by atoms with Gasteiger partial charge in [-0.25, -0.2) is 9.59 Å². The van der Waals surface area contributed by atoms with Crippen molar-refractivity contribution in [3.05, 3.63) is 48.6 Å². The zero-order valence-corrected chi connectivity index (χ0v) is 44.2. The molecule has 19 unspecified atom stereocenters. The highest BCUT2D eigenvalue weighted by Gasteiger charge is 2.54. The number of allylic oxidation sites excluding steroid dienone is 7. The Kier molecular flexibility index (Phi) is 25.8. The van der Waals surface area contributed by atoms with Gasteiger partial charge in [0.15, 0.2) is 12.1 Å². The minimum Gasteiger partial charge on any atom is -0.462 e. The molecule has 3 rings (SSSR count). The third-order valence-corrected chi connectivity index (χ3v) is 15.0. The molecule has 10 N–H and O–H groups in total. The molecule has 19 atom stereocenters. The molecule has 0 spiro atoms. The van der Waals surface area contributed by atoms with Crippen molar-refractivity contribution in [3.63, 3.8) is 0 Å². The Hall–Kier alpha value is -3.29. The van der Waals surface area contributed by atoms with E-state index >= 15 is 0 Å². The third-order valence-electron chi connectivity index (χ3n) is 13.3. The number of alkyl carbamates (subject to hydrolysis) is 2. The van der Waals surface area contributed by atoms with Crippen LogP contribution in [0.5, 0.6) is 0 Å². The van der Waals surface area contributed by atoms with E-state index in [2.05, 4.69) is 30.3 Å². The van der Waals surface area contributed by atoms with Crippen LogP contribution in [0.3, 0.4) is 0 Å². The fourth-order valence-corrected chi connectivity index (χ4v) is 9.47. The minimum atomic E-state index is -1.54. The van der Waals surface area contributed by atoms with E-state index in [0.29, 0.717) is 0 Å². The van der Waals surface area contributed by atoms with E-state index in [1.54, 1.807) is 27.7 Å². The highest BCUT2D eigenvalue weighted by molar-refractivity contribution is 6.76. The molecule has 3 aliphatic rings. The average molecular weight is 1030 g/mol. The number of aliphatic hydroxyl groups is 8. The number of carbonyl (C=O) groups is 3. The Bertz CT molecular complexity index is 1750. The molecule has 0 aromatic carbocycles. The van der Waals surface area contributed by atoms with Crippen LogP contribution in [-0.4, -0.2) is 184 Å². The molecule has 3 heterocycles. The van der Waals surface area contributed by atoms with Crippen molar-refractivity contribution >= 4 is 26.2 Å². The van der Waals surface area contributed by atoms with Crippen molar-refractivity contribution in [2.75, 3.05) is 13.7 Å². The van der Waals surface area contributed by atoms with Crippen molar-refractivity contribution in [3.8, 4) is 0 Å². The topological polar surface area (TPSA) is 302 Å². The summed E-state index contributed by atoms with van der Waals surface area (Å²) in [6, 6.07) is -1.10. The van der Waals surface area contributed by atoms with Crippen LogP contribution in [0.4, 0.5) is 9.59 Å². The fraction of sp³-hybridized carbons (Fsp3) is 0.780. The monoisotopic (exact) mass is 1030 g/mol. The standard InChI is InChI=1S/C50H86N2O18Si/c1-11-12-13-14-15-16-17-18-29(2)44(59)31(4)32(5)67-41(58)26-35(54)24-34(53)19-20-37(56)38(57)25-36(55)27-50(64-7)28-40-42(51-49(63)69-40)39(70-50)23-30(3)66-47-46(61)43(45(60)33(6)68-47)52-48(62)65-21-22-71(8,9)10/h11-18,29-40,42-47,53-57,59-61H,19-28H2,1-10H3,(H,51,63)(H,52,62)/b12-11+,14-13+,16-15+,18-17+. The molecule has 0 saturated carbocycles. The molecule has 0 aromatic rings. The Balaban J connectivity index is 1.49. The second kappa shape index (κ2) is 29.6. The van der Waals surface area contributed by atoms with Gasteiger partial charge in [0.05, 0.1) is 80.0 Å². The Morgan fingerprint density at radius 2 is 1.56 bits per heavy atom. The predicted octanol–water partition coefficient (Wildman–Crippen LogP) is 3.24. The van der Waals surface area contributed by atoms with Crippen molar-refractivity contribution in [1.29, 1.82) is 0 Å². The average Bonchev–Trinajstić information content (AvgIpc) is 3.66. The molecule has 0 bridgehead atoms. The maximum Gasteiger partial charge on any atom is 0.407 e. The van der Waals surface area contributed by atoms with Gasteiger partial charge in [0.2, 0.25) is 0 Å². The van der Waals surface area contributed by atoms with Gasteiger partial charge in [0, 0.05) is 52.7 Å². The van der Waals surface area contributed by atoms with Gasteiger partial charge in [0.25, 0.3) is 0 Å². The zero-order valence-electron chi connectivity index (χ0n) is 43.2. The van der Waals surface area contributed by atoms with Gasteiger partial charge < -0.3 is 84.6 Å². The number of nitrogens with one attached hydrogen (secondary N) is 2. The Labute approximate surface area is 420 Å². The van der Waals surface area contributed by atoms with E-state index < -0.39 is 142 Å². The number of aliphatic hydroxyl groups excluding tert-OH is 8. The summed E-state index contributed by atoms with van der Waals surface area (Å²) in [7, 11) is -0.129. The van der Waals surface area contributed by atoms with E-state index in [4.69, 9.17) is 33.2 Å². The molecule has 21 heteroatoms. The first-order chi connectivity index (χ1) is 33.3. The normalized spacial score (nSPS) is 30.5. The number of methoxy groups -OCH3 is 1. The van der Waals surface area contributed by atoms with Gasteiger partial charge in [-0.1, -0.05) is 82.1 Å². The number of ether oxygens (including phenoxy) is 7. The van der Waals surface area contributed by atoms with E-state index in [1.807, 2.05) is 62.5 Å². The van der Waals surface area contributed by atoms with Gasteiger partial charge in [-0.3, -0.25) is 4.79 Å². The molecule has 0 aromatic heterocycles. The van der Waals surface area contributed by atoms with Crippen LogP contribution in [0, 0.1) is 11.8 Å². The summed E-state index contributed by atoms with van der Waals surface area (Å²) in [5.41, 5.74) is 0.